The quantitative estimate of drug-likeness (QED) is 0.764. The van der Waals surface area contributed by atoms with Gasteiger partial charge in [-0.2, -0.15) is 21.0 Å². The highest BCUT2D eigenvalue weighted by atomic mass is 14.8. The number of pyridine rings is 2. The number of aromatic nitrogens is 2. The summed E-state index contributed by atoms with van der Waals surface area (Å²) in [5.74, 6) is 0. The van der Waals surface area contributed by atoms with Crippen LogP contribution in [0.2, 0.25) is 0 Å². The van der Waals surface area contributed by atoms with Crippen molar-refractivity contribution in [3.63, 3.8) is 0 Å². The fourth-order valence-electron chi connectivity index (χ4n) is 1.68. The van der Waals surface area contributed by atoms with Crippen LogP contribution in [0.1, 0.15) is 22.4 Å². The summed E-state index contributed by atoms with van der Waals surface area (Å²) in [5.41, 5.74) is -0.0966. The molecule has 0 aromatic carbocycles. The van der Waals surface area contributed by atoms with Gasteiger partial charge in [0.05, 0.1) is 16.8 Å². The monoisotopic (exact) mass is 256 g/mol. The zero-order valence-electron chi connectivity index (χ0n) is 9.99. The van der Waals surface area contributed by atoms with Gasteiger partial charge in [0, 0.05) is 6.20 Å². The molecule has 0 N–H and O–H groups in total. The zero-order valence-corrected chi connectivity index (χ0v) is 9.99. The summed E-state index contributed by atoms with van der Waals surface area (Å²) in [6, 6.07) is 12.1. The molecule has 0 spiro atoms. The highest BCUT2D eigenvalue weighted by Gasteiger charge is 2.21. The summed E-state index contributed by atoms with van der Waals surface area (Å²) in [4.78, 5) is 8.04. The summed E-state index contributed by atoms with van der Waals surface area (Å²) in [7, 11) is 0. The van der Waals surface area contributed by atoms with E-state index in [1.807, 2.05) is 6.07 Å². The molecule has 2 heterocycles. The van der Waals surface area contributed by atoms with E-state index in [1.54, 1.807) is 36.4 Å². The maximum atomic E-state index is 9.21. The Balaban J connectivity index is 2.93. The van der Waals surface area contributed by atoms with Crippen molar-refractivity contribution in [1.29, 1.82) is 21.0 Å². The predicted octanol–water partition coefficient (Wildman–Crippen LogP) is 1.63. The van der Waals surface area contributed by atoms with Crippen molar-refractivity contribution in [1.82, 2.24) is 9.97 Å². The second-order valence-electron chi connectivity index (χ2n) is 3.60. The van der Waals surface area contributed by atoms with Crippen molar-refractivity contribution in [3.8, 4) is 35.7 Å². The molecule has 6 nitrogen and oxygen atoms in total. The van der Waals surface area contributed by atoms with Crippen LogP contribution >= 0.6 is 0 Å². The van der Waals surface area contributed by atoms with E-state index in [9.17, 15) is 5.26 Å². The lowest BCUT2D eigenvalue weighted by Crippen LogP contribution is -2.03. The average molecular weight is 256 g/mol. The highest BCUT2D eigenvalue weighted by molar-refractivity contribution is 5.72. The molecule has 0 saturated heterocycles. The van der Waals surface area contributed by atoms with E-state index >= 15 is 0 Å². The van der Waals surface area contributed by atoms with Crippen LogP contribution < -0.4 is 0 Å². The Labute approximate surface area is 114 Å². The predicted molar refractivity (Wildman–Crippen MR) is 66.3 cm³/mol. The third-order valence-electron chi connectivity index (χ3n) is 2.55. The van der Waals surface area contributed by atoms with Crippen molar-refractivity contribution < 1.29 is 0 Å². The third-order valence-corrected chi connectivity index (χ3v) is 2.55. The zero-order chi connectivity index (χ0) is 14.5. The number of rotatable bonds is 1. The normalized spacial score (nSPS) is 8.80. The molecule has 0 bridgehead atoms. The highest BCUT2D eigenvalue weighted by Crippen LogP contribution is 2.25. The molecule has 90 valence electrons. The Morgan fingerprint density at radius 2 is 1.50 bits per heavy atom. The Bertz CT molecular complexity index is 841. The molecule has 0 aliphatic carbocycles. The van der Waals surface area contributed by atoms with Gasteiger partial charge in [-0.15, -0.1) is 0 Å². The van der Waals surface area contributed by atoms with Crippen molar-refractivity contribution in [2.24, 2.45) is 0 Å². The molecule has 0 fully saturated rings. The van der Waals surface area contributed by atoms with Gasteiger partial charge in [0.2, 0.25) is 0 Å². The molecule has 2 aromatic rings. The molecule has 0 saturated carbocycles. The van der Waals surface area contributed by atoms with Crippen molar-refractivity contribution >= 4 is 0 Å². The first kappa shape index (κ1) is 12.7. The molecule has 6 heteroatoms. The number of hydrogen-bond donors (Lipinski definition) is 0. The van der Waals surface area contributed by atoms with E-state index < -0.39 is 0 Å². The number of hydrogen-bond acceptors (Lipinski definition) is 6. The fraction of sp³-hybridized carbons (Fsp3) is 0. The van der Waals surface area contributed by atoms with Gasteiger partial charge >= 0.3 is 0 Å². The van der Waals surface area contributed by atoms with E-state index in [2.05, 4.69) is 9.97 Å². The molecule has 0 amide bonds. The lowest BCUT2D eigenvalue weighted by atomic mass is 9.99. The van der Waals surface area contributed by atoms with Gasteiger partial charge in [0.1, 0.15) is 35.5 Å². The molecule has 0 aliphatic rings. The first-order valence-electron chi connectivity index (χ1n) is 5.36. The fourth-order valence-corrected chi connectivity index (χ4v) is 1.68. The van der Waals surface area contributed by atoms with Crippen molar-refractivity contribution in [3.05, 3.63) is 46.8 Å². The Hall–Kier alpha value is -3.74. The largest absolute Gasteiger partial charge is 0.255 e. The van der Waals surface area contributed by atoms with E-state index in [4.69, 9.17) is 15.8 Å². The van der Waals surface area contributed by atoms with E-state index in [-0.39, 0.29) is 28.1 Å². The van der Waals surface area contributed by atoms with Crippen LogP contribution in [-0.2, 0) is 0 Å². The maximum Gasteiger partial charge on any atom is 0.160 e. The molecule has 2 aromatic heterocycles. The van der Waals surface area contributed by atoms with Crippen molar-refractivity contribution in [2.75, 3.05) is 0 Å². The standard InChI is InChI=1S/C14H4N6/c15-5-9-10(6-16)13(8-18)20-14(11(9)7-17)12-3-1-2-4-19-12/h1-4H. The SMILES string of the molecule is N#Cc1nc(-c2ccccn2)c(C#N)c(C#N)c1C#N. The minimum Gasteiger partial charge on any atom is -0.255 e. The van der Waals surface area contributed by atoms with Gasteiger partial charge in [0.25, 0.3) is 0 Å². The lowest BCUT2D eigenvalue weighted by Gasteiger charge is -2.06. The lowest BCUT2D eigenvalue weighted by molar-refractivity contribution is 1.18. The van der Waals surface area contributed by atoms with Crippen LogP contribution in [0.5, 0.6) is 0 Å². The summed E-state index contributed by atoms with van der Waals surface area (Å²) < 4.78 is 0. The summed E-state index contributed by atoms with van der Waals surface area (Å²) >= 11 is 0. The van der Waals surface area contributed by atoms with E-state index in [1.165, 1.54) is 6.20 Å². The third kappa shape index (κ3) is 1.91. The van der Waals surface area contributed by atoms with Gasteiger partial charge in [-0.3, -0.25) is 4.98 Å². The van der Waals surface area contributed by atoms with Gasteiger partial charge in [-0.25, -0.2) is 4.98 Å². The molecule has 0 atom stereocenters. The molecule has 0 unspecified atom stereocenters. The topological polar surface area (TPSA) is 121 Å². The first-order valence-corrected chi connectivity index (χ1v) is 5.36. The molecule has 20 heavy (non-hydrogen) atoms. The van der Waals surface area contributed by atoms with Crippen LogP contribution in [-0.4, -0.2) is 9.97 Å². The van der Waals surface area contributed by atoms with Crippen molar-refractivity contribution in [2.45, 2.75) is 0 Å². The molecule has 2 rings (SSSR count). The van der Waals surface area contributed by atoms with E-state index in [0.717, 1.165) is 0 Å². The minimum absolute atomic E-state index is 0.0539. The summed E-state index contributed by atoms with van der Waals surface area (Å²) in [6.07, 6.45) is 1.51. The smallest absolute Gasteiger partial charge is 0.160 e. The Morgan fingerprint density at radius 1 is 0.800 bits per heavy atom. The Morgan fingerprint density at radius 3 is 2.00 bits per heavy atom. The first-order chi connectivity index (χ1) is 9.76. The van der Waals surface area contributed by atoms with Crippen LogP contribution in [0.4, 0.5) is 0 Å². The second-order valence-corrected chi connectivity index (χ2v) is 3.60. The van der Waals surface area contributed by atoms with E-state index in [0.29, 0.717) is 5.69 Å². The molecule has 0 radical (unpaired) electrons. The molecule has 0 aliphatic heterocycles. The van der Waals surface area contributed by atoms with Gasteiger partial charge in [0.15, 0.2) is 5.69 Å². The van der Waals surface area contributed by atoms with Gasteiger partial charge in [-0.05, 0) is 12.1 Å². The Kier molecular flexibility index (Phi) is 3.35. The molecular formula is C14H4N6. The summed E-state index contributed by atoms with van der Waals surface area (Å²) in [6.45, 7) is 0. The summed E-state index contributed by atoms with van der Waals surface area (Å²) in [5, 5.41) is 36.4. The molecular weight excluding hydrogens is 252 g/mol. The van der Waals surface area contributed by atoms with Crippen LogP contribution in [0.15, 0.2) is 24.4 Å². The minimum atomic E-state index is -0.191. The second kappa shape index (κ2) is 5.27. The number of nitriles is 4. The maximum absolute atomic E-state index is 9.21. The van der Waals surface area contributed by atoms with Crippen LogP contribution in [0.3, 0.4) is 0 Å². The average Bonchev–Trinajstić information content (AvgIpc) is 2.53. The van der Waals surface area contributed by atoms with Gasteiger partial charge in [-0.1, -0.05) is 6.07 Å². The van der Waals surface area contributed by atoms with Crippen LogP contribution in [0, 0.1) is 45.3 Å². The number of nitrogens with zero attached hydrogens (tertiary/aromatic N) is 6. The van der Waals surface area contributed by atoms with Crippen LogP contribution in [0.25, 0.3) is 11.4 Å². The van der Waals surface area contributed by atoms with Gasteiger partial charge < -0.3 is 0 Å².